The zero-order chi connectivity index (χ0) is 20.3. The number of ether oxygens (including phenoxy) is 1. The quantitative estimate of drug-likeness (QED) is 0.435. The van der Waals surface area contributed by atoms with Gasteiger partial charge in [-0.25, -0.2) is 4.79 Å². The molecule has 1 aromatic carbocycles. The van der Waals surface area contributed by atoms with Crippen LogP contribution in [0.25, 0.3) is 0 Å². The number of esters is 1. The molecule has 1 aliphatic heterocycles. The number of carbonyl (C=O) groups is 2. The first kappa shape index (κ1) is 20.1. The molecule has 8 nitrogen and oxygen atoms in total. The van der Waals surface area contributed by atoms with E-state index in [0.717, 1.165) is 38.5 Å². The molecule has 2 aliphatic rings. The number of nitro groups is 1. The normalized spacial score (nSPS) is 20.4. The summed E-state index contributed by atoms with van der Waals surface area (Å²) in [5.74, 6) is -0.937. The van der Waals surface area contributed by atoms with Crippen LogP contribution in [0.5, 0.6) is 0 Å². The third-order valence-electron chi connectivity index (χ3n) is 5.38. The van der Waals surface area contributed by atoms with Gasteiger partial charge in [-0.2, -0.15) is 0 Å². The molecule has 1 saturated heterocycles. The predicted octanol–water partition coefficient (Wildman–Crippen LogP) is 3.51. The van der Waals surface area contributed by atoms with Gasteiger partial charge in [0.15, 0.2) is 6.10 Å². The van der Waals surface area contributed by atoms with Gasteiger partial charge in [0.1, 0.15) is 5.69 Å². The topological polar surface area (TPSA) is 102 Å². The summed E-state index contributed by atoms with van der Waals surface area (Å²) in [4.78, 5) is 37.8. The average Bonchev–Trinajstić information content (AvgIpc) is 3.51. The summed E-state index contributed by atoms with van der Waals surface area (Å²) in [6, 6.07) is 4.66. The first-order valence-electron chi connectivity index (χ1n) is 9.97. The van der Waals surface area contributed by atoms with E-state index < -0.39 is 17.0 Å². The van der Waals surface area contributed by atoms with E-state index >= 15 is 0 Å². The van der Waals surface area contributed by atoms with Crippen molar-refractivity contribution in [2.24, 2.45) is 0 Å². The number of nitrogens with one attached hydrogen (secondary N) is 1. The van der Waals surface area contributed by atoms with E-state index in [0.29, 0.717) is 12.2 Å². The van der Waals surface area contributed by atoms with Crippen molar-refractivity contribution in [3.05, 3.63) is 33.9 Å². The highest BCUT2D eigenvalue weighted by Crippen LogP contribution is 2.32. The number of amides is 1. The molecule has 2 atom stereocenters. The van der Waals surface area contributed by atoms with Crippen molar-refractivity contribution in [1.29, 1.82) is 0 Å². The summed E-state index contributed by atoms with van der Waals surface area (Å²) in [6.07, 6.45) is 4.92. The number of hydrogen-bond acceptors (Lipinski definition) is 6. The second-order valence-corrected chi connectivity index (χ2v) is 7.54. The Morgan fingerprint density at radius 3 is 2.71 bits per heavy atom. The van der Waals surface area contributed by atoms with Gasteiger partial charge >= 0.3 is 5.97 Å². The molecule has 0 radical (unpaired) electrons. The molecule has 1 saturated carbocycles. The largest absolute Gasteiger partial charge is 0.449 e. The van der Waals surface area contributed by atoms with Gasteiger partial charge in [-0.15, -0.1) is 0 Å². The Balaban J connectivity index is 1.68. The Labute approximate surface area is 164 Å². The standard InChI is InChI=1S/C20H27N3O5/c1-3-16-6-4-5-11-22(16)19(24)13(2)28-20(25)14-7-10-17(21-15-8-9-15)18(12-14)23(26)27/h7,10,12-13,15-16,21H,3-6,8-9,11H2,1-2H3. The highest BCUT2D eigenvalue weighted by molar-refractivity contribution is 5.93. The molecule has 152 valence electrons. The van der Waals surface area contributed by atoms with Crippen molar-refractivity contribution < 1.29 is 19.2 Å². The van der Waals surface area contributed by atoms with E-state index in [1.807, 2.05) is 6.92 Å². The number of rotatable bonds is 7. The number of likely N-dealkylation sites (tertiary alicyclic amines) is 1. The Hall–Kier alpha value is -2.64. The van der Waals surface area contributed by atoms with Gasteiger partial charge in [0.05, 0.1) is 10.5 Å². The minimum Gasteiger partial charge on any atom is -0.449 e. The van der Waals surface area contributed by atoms with Crippen LogP contribution < -0.4 is 5.32 Å². The smallest absolute Gasteiger partial charge is 0.339 e. The molecule has 1 aromatic rings. The molecular formula is C20H27N3O5. The highest BCUT2D eigenvalue weighted by atomic mass is 16.6. The van der Waals surface area contributed by atoms with Crippen molar-refractivity contribution >= 4 is 23.3 Å². The minimum absolute atomic E-state index is 0.0679. The number of carbonyl (C=O) groups excluding carboxylic acids is 2. The van der Waals surface area contributed by atoms with Crippen LogP contribution in [0.4, 0.5) is 11.4 Å². The second-order valence-electron chi connectivity index (χ2n) is 7.54. The van der Waals surface area contributed by atoms with Crippen molar-refractivity contribution in [3.63, 3.8) is 0 Å². The number of nitrogens with zero attached hydrogens (tertiary/aromatic N) is 2. The predicted molar refractivity (Wildman–Crippen MR) is 104 cm³/mol. The maximum Gasteiger partial charge on any atom is 0.339 e. The Bertz CT molecular complexity index is 762. The fraction of sp³-hybridized carbons (Fsp3) is 0.600. The monoisotopic (exact) mass is 389 g/mol. The van der Waals surface area contributed by atoms with E-state index in [4.69, 9.17) is 4.74 Å². The molecule has 2 unspecified atom stereocenters. The molecule has 1 heterocycles. The number of anilines is 1. The third kappa shape index (κ3) is 4.61. The fourth-order valence-corrected chi connectivity index (χ4v) is 3.61. The van der Waals surface area contributed by atoms with E-state index in [9.17, 15) is 19.7 Å². The molecule has 8 heteroatoms. The maximum atomic E-state index is 12.7. The zero-order valence-corrected chi connectivity index (χ0v) is 16.3. The van der Waals surface area contributed by atoms with Gasteiger partial charge in [-0.05, 0) is 57.6 Å². The van der Waals surface area contributed by atoms with Crippen LogP contribution in [-0.4, -0.2) is 46.4 Å². The summed E-state index contributed by atoms with van der Waals surface area (Å²) in [6.45, 7) is 4.27. The van der Waals surface area contributed by atoms with Crippen LogP contribution in [0.1, 0.15) is 62.7 Å². The van der Waals surface area contributed by atoms with Gasteiger partial charge in [-0.3, -0.25) is 14.9 Å². The van der Waals surface area contributed by atoms with E-state index in [1.165, 1.54) is 18.2 Å². The lowest BCUT2D eigenvalue weighted by Crippen LogP contribution is -2.48. The lowest BCUT2D eigenvalue weighted by atomic mass is 9.99. The van der Waals surface area contributed by atoms with E-state index in [-0.39, 0.29) is 29.2 Å². The Kier molecular flexibility index (Phi) is 6.16. The second kappa shape index (κ2) is 8.58. The van der Waals surface area contributed by atoms with Crippen LogP contribution in [0, 0.1) is 10.1 Å². The molecule has 0 bridgehead atoms. The lowest BCUT2D eigenvalue weighted by Gasteiger charge is -2.36. The molecule has 1 N–H and O–H groups in total. The molecule has 1 aliphatic carbocycles. The molecule has 1 amide bonds. The number of piperidine rings is 1. The summed E-state index contributed by atoms with van der Waals surface area (Å²) in [7, 11) is 0. The Morgan fingerprint density at radius 1 is 1.32 bits per heavy atom. The molecule has 0 aromatic heterocycles. The molecular weight excluding hydrogens is 362 g/mol. The molecule has 3 rings (SSSR count). The van der Waals surface area contributed by atoms with Crippen LogP contribution in [-0.2, 0) is 9.53 Å². The van der Waals surface area contributed by atoms with Crippen LogP contribution >= 0.6 is 0 Å². The SMILES string of the molecule is CCC1CCCCN1C(=O)C(C)OC(=O)c1ccc(NC2CC2)c([N+](=O)[O-])c1. The van der Waals surface area contributed by atoms with Gasteiger partial charge in [0, 0.05) is 24.7 Å². The average molecular weight is 389 g/mol. The van der Waals surface area contributed by atoms with Crippen LogP contribution in [0.2, 0.25) is 0 Å². The molecule has 0 spiro atoms. The van der Waals surface area contributed by atoms with E-state index in [2.05, 4.69) is 5.32 Å². The molecule has 2 fully saturated rings. The fourth-order valence-electron chi connectivity index (χ4n) is 3.61. The van der Waals surface area contributed by atoms with Crippen molar-refractivity contribution in [3.8, 4) is 0 Å². The third-order valence-corrected chi connectivity index (χ3v) is 5.38. The van der Waals surface area contributed by atoms with Gasteiger partial charge in [0.2, 0.25) is 0 Å². The summed E-state index contributed by atoms with van der Waals surface area (Å²) >= 11 is 0. The molecule has 28 heavy (non-hydrogen) atoms. The summed E-state index contributed by atoms with van der Waals surface area (Å²) in [5, 5.41) is 14.4. The van der Waals surface area contributed by atoms with Gasteiger partial charge in [0.25, 0.3) is 11.6 Å². The number of benzene rings is 1. The lowest BCUT2D eigenvalue weighted by molar-refractivity contribution is -0.384. The number of nitro benzene ring substituents is 1. The zero-order valence-electron chi connectivity index (χ0n) is 16.3. The van der Waals surface area contributed by atoms with Gasteiger partial charge < -0.3 is 15.0 Å². The summed E-state index contributed by atoms with van der Waals surface area (Å²) in [5.41, 5.74) is 0.299. The van der Waals surface area contributed by atoms with Crippen LogP contribution in [0.3, 0.4) is 0 Å². The first-order chi connectivity index (χ1) is 13.4. The maximum absolute atomic E-state index is 12.7. The number of hydrogen-bond donors (Lipinski definition) is 1. The Morgan fingerprint density at radius 2 is 2.07 bits per heavy atom. The first-order valence-corrected chi connectivity index (χ1v) is 9.97. The van der Waals surface area contributed by atoms with Crippen molar-refractivity contribution in [2.75, 3.05) is 11.9 Å². The highest BCUT2D eigenvalue weighted by Gasteiger charge is 2.31. The van der Waals surface area contributed by atoms with E-state index in [1.54, 1.807) is 11.8 Å². The van der Waals surface area contributed by atoms with Crippen molar-refractivity contribution in [1.82, 2.24) is 4.90 Å². The van der Waals surface area contributed by atoms with Crippen molar-refractivity contribution in [2.45, 2.75) is 70.6 Å². The van der Waals surface area contributed by atoms with Gasteiger partial charge in [-0.1, -0.05) is 6.92 Å². The minimum atomic E-state index is -0.928. The summed E-state index contributed by atoms with van der Waals surface area (Å²) < 4.78 is 5.34. The van der Waals surface area contributed by atoms with Crippen LogP contribution in [0.15, 0.2) is 18.2 Å².